The van der Waals surface area contributed by atoms with Crippen LogP contribution < -0.4 is 9.64 Å². The van der Waals surface area contributed by atoms with Crippen LogP contribution in [0.3, 0.4) is 0 Å². The van der Waals surface area contributed by atoms with E-state index in [0.29, 0.717) is 28.4 Å². The first-order valence-corrected chi connectivity index (χ1v) is 10.1. The van der Waals surface area contributed by atoms with Crippen molar-refractivity contribution in [2.45, 2.75) is 0 Å². The molecule has 0 unspecified atom stereocenters. The maximum Gasteiger partial charge on any atom is 0.282 e. The van der Waals surface area contributed by atoms with Gasteiger partial charge in [-0.05, 0) is 48.5 Å². The summed E-state index contributed by atoms with van der Waals surface area (Å²) >= 11 is 3.40. The van der Waals surface area contributed by atoms with E-state index in [1.165, 1.54) is 17.0 Å². The summed E-state index contributed by atoms with van der Waals surface area (Å²) in [5.74, 6) is 0.555. The van der Waals surface area contributed by atoms with Gasteiger partial charge < -0.3 is 4.74 Å². The average molecular weight is 478 g/mol. The van der Waals surface area contributed by atoms with Gasteiger partial charge in [-0.15, -0.1) is 0 Å². The number of nitro benzene ring substituents is 1. The number of anilines is 1. The third-order valence-corrected chi connectivity index (χ3v) is 5.25. The molecule has 1 amide bonds. The Bertz CT molecular complexity index is 1240. The smallest absolute Gasteiger partial charge is 0.282 e. The third kappa shape index (κ3) is 3.97. The van der Waals surface area contributed by atoms with Gasteiger partial charge in [0.15, 0.2) is 5.84 Å². The molecule has 0 aromatic heterocycles. The molecular weight excluding hydrogens is 462 g/mol. The first kappa shape index (κ1) is 20.5. The number of hydrogen-bond donors (Lipinski definition) is 0. The summed E-state index contributed by atoms with van der Waals surface area (Å²) < 4.78 is 6.34. The van der Waals surface area contributed by atoms with Gasteiger partial charge in [-0.2, -0.15) is 0 Å². The Kier molecular flexibility index (Phi) is 5.64. The first-order chi connectivity index (χ1) is 15.0. The lowest BCUT2D eigenvalue weighted by atomic mass is 10.1. The minimum absolute atomic E-state index is 0.0955. The summed E-state index contributed by atoms with van der Waals surface area (Å²) in [5, 5.41) is 11.4. The van der Waals surface area contributed by atoms with E-state index in [0.717, 1.165) is 4.47 Å². The highest BCUT2D eigenvalue weighted by Gasteiger charge is 2.34. The Morgan fingerprint density at radius 2 is 1.71 bits per heavy atom. The zero-order valence-electron chi connectivity index (χ0n) is 16.4. The number of carbonyl (C=O) groups is 1. The summed E-state index contributed by atoms with van der Waals surface area (Å²) in [7, 11) is 1.55. The second kappa shape index (κ2) is 8.53. The molecule has 3 aromatic rings. The summed E-state index contributed by atoms with van der Waals surface area (Å²) in [6.07, 6.45) is 1.44. The van der Waals surface area contributed by atoms with Crippen molar-refractivity contribution in [1.29, 1.82) is 0 Å². The van der Waals surface area contributed by atoms with Gasteiger partial charge in [0, 0.05) is 10.5 Å². The number of aliphatic imine (C=N–C) groups is 1. The quantitative estimate of drug-likeness (QED) is 0.287. The van der Waals surface area contributed by atoms with Crippen LogP contribution in [0.15, 0.2) is 88.0 Å². The largest absolute Gasteiger partial charge is 0.496 e. The summed E-state index contributed by atoms with van der Waals surface area (Å²) in [6, 6.07) is 20.7. The second-order valence-corrected chi connectivity index (χ2v) is 7.51. The van der Waals surface area contributed by atoms with Gasteiger partial charge in [0.1, 0.15) is 11.4 Å². The van der Waals surface area contributed by atoms with E-state index in [9.17, 15) is 14.9 Å². The van der Waals surface area contributed by atoms with Gasteiger partial charge in [-0.3, -0.25) is 19.8 Å². The fraction of sp³-hybridized carbons (Fsp3) is 0.0435. The molecule has 1 aliphatic rings. The lowest BCUT2D eigenvalue weighted by Gasteiger charge is -2.20. The maximum atomic E-state index is 13.4. The van der Waals surface area contributed by atoms with Gasteiger partial charge in [0.25, 0.3) is 11.6 Å². The Balaban J connectivity index is 1.89. The number of nitro groups is 1. The molecule has 0 fully saturated rings. The molecule has 0 aliphatic carbocycles. The summed E-state index contributed by atoms with van der Waals surface area (Å²) in [4.78, 5) is 30.3. The van der Waals surface area contributed by atoms with E-state index in [-0.39, 0.29) is 17.3 Å². The molecule has 0 atom stereocenters. The number of ether oxygens (including phenoxy) is 1. The van der Waals surface area contributed by atoms with Gasteiger partial charge in [0.2, 0.25) is 0 Å². The van der Waals surface area contributed by atoms with Gasteiger partial charge in [-0.25, -0.2) is 4.99 Å². The highest BCUT2D eigenvalue weighted by molar-refractivity contribution is 9.10. The lowest BCUT2D eigenvalue weighted by molar-refractivity contribution is -0.385. The number of amides is 1. The number of halogens is 1. The number of rotatable bonds is 5. The molecule has 3 aromatic carbocycles. The van der Waals surface area contributed by atoms with E-state index in [1.807, 2.05) is 30.3 Å². The van der Waals surface area contributed by atoms with Gasteiger partial charge in [-0.1, -0.05) is 40.2 Å². The van der Waals surface area contributed by atoms with Crippen molar-refractivity contribution in [3.8, 4) is 5.75 Å². The van der Waals surface area contributed by atoms with Crippen molar-refractivity contribution >= 4 is 45.1 Å². The summed E-state index contributed by atoms with van der Waals surface area (Å²) in [6.45, 7) is 0. The third-order valence-electron chi connectivity index (χ3n) is 4.72. The van der Waals surface area contributed by atoms with Crippen molar-refractivity contribution < 1.29 is 14.5 Å². The predicted octanol–water partition coefficient (Wildman–Crippen LogP) is 5.20. The predicted molar refractivity (Wildman–Crippen MR) is 122 cm³/mol. The van der Waals surface area contributed by atoms with Crippen molar-refractivity contribution in [2.24, 2.45) is 4.99 Å². The van der Waals surface area contributed by atoms with E-state index in [1.54, 1.807) is 43.5 Å². The van der Waals surface area contributed by atoms with Gasteiger partial charge >= 0.3 is 0 Å². The van der Waals surface area contributed by atoms with E-state index >= 15 is 0 Å². The average Bonchev–Trinajstić information content (AvgIpc) is 3.10. The molecule has 8 heteroatoms. The van der Waals surface area contributed by atoms with Crippen LogP contribution in [0, 0.1) is 10.1 Å². The molecule has 4 rings (SSSR count). The Morgan fingerprint density at radius 1 is 1.03 bits per heavy atom. The Morgan fingerprint density at radius 3 is 2.42 bits per heavy atom. The molecule has 0 saturated carbocycles. The minimum atomic E-state index is -0.483. The van der Waals surface area contributed by atoms with Crippen molar-refractivity contribution in [1.82, 2.24) is 0 Å². The molecule has 0 radical (unpaired) electrons. The number of hydrogen-bond acceptors (Lipinski definition) is 5. The Hall–Kier alpha value is -3.78. The molecule has 1 aliphatic heterocycles. The van der Waals surface area contributed by atoms with E-state index in [2.05, 4.69) is 20.9 Å². The highest BCUT2D eigenvalue weighted by atomic mass is 79.9. The molecular formula is C23H16BrN3O4. The number of amidine groups is 1. The maximum absolute atomic E-state index is 13.4. The van der Waals surface area contributed by atoms with Crippen molar-refractivity contribution in [2.75, 3.05) is 12.0 Å². The molecule has 0 saturated heterocycles. The molecule has 0 bridgehead atoms. The minimum Gasteiger partial charge on any atom is -0.496 e. The van der Waals surface area contributed by atoms with Crippen LogP contribution in [-0.4, -0.2) is 23.8 Å². The zero-order valence-corrected chi connectivity index (χ0v) is 17.9. The van der Waals surface area contributed by atoms with Crippen molar-refractivity contribution in [3.05, 3.63) is 104 Å². The molecule has 0 spiro atoms. The van der Waals surface area contributed by atoms with Gasteiger partial charge in [0.05, 0.1) is 28.8 Å². The van der Waals surface area contributed by atoms with Crippen LogP contribution in [0.4, 0.5) is 11.4 Å². The number of nitrogens with zero attached hydrogens (tertiary/aromatic N) is 3. The molecule has 1 heterocycles. The fourth-order valence-electron chi connectivity index (χ4n) is 3.28. The van der Waals surface area contributed by atoms with Crippen LogP contribution in [0.25, 0.3) is 6.08 Å². The molecule has 154 valence electrons. The molecule has 31 heavy (non-hydrogen) atoms. The van der Waals surface area contributed by atoms with Crippen LogP contribution in [0.5, 0.6) is 5.75 Å². The Labute approximate surface area is 186 Å². The number of benzene rings is 3. The van der Waals surface area contributed by atoms with Crippen LogP contribution >= 0.6 is 15.9 Å². The van der Waals surface area contributed by atoms with Crippen LogP contribution in [-0.2, 0) is 4.79 Å². The lowest BCUT2D eigenvalue weighted by Crippen LogP contribution is -2.32. The molecule has 0 N–H and O–H groups in total. The number of methoxy groups -OCH3 is 1. The van der Waals surface area contributed by atoms with Crippen LogP contribution in [0.2, 0.25) is 0 Å². The highest BCUT2D eigenvalue weighted by Crippen LogP contribution is 2.32. The fourth-order valence-corrected chi connectivity index (χ4v) is 3.54. The monoisotopic (exact) mass is 477 g/mol. The number of carbonyl (C=O) groups excluding carboxylic acids is 1. The van der Waals surface area contributed by atoms with Crippen LogP contribution in [0.1, 0.15) is 11.1 Å². The zero-order chi connectivity index (χ0) is 22.0. The SMILES string of the molecule is COc1ccccc1C1=N/C(=C/c2ccccc2[N+](=O)[O-])C(=O)N1c1ccc(Br)cc1. The first-order valence-electron chi connectivity index (χ1n) is 9.27. The second-order valence-electron chi connectivity index (χ2n) is 6.60. The summed E-state index contributed by atoms with van der Waals surface area (Å²) in [5.41, 5.74) is 1.55. The normalized spacial score (nSPS) is 14.6. The molecule has 7 nitrogen and oxygen atoms in total. The van der Waals surface area contributed by atoms with E-state index < -0.39 is 4.92 Å². The van der Waals surface area contributed by atoms with E-state index in [4.69, 9.17) is 4.74 Å². The number of para-hydroxylation sites is 2. The van der Waals surface area contributed by atoms with Crippen molar-refractivity contribution in [3.63, 3.8) is 0 Å². The standard InChI is InChI=1S/C23H16BrN3O4/c1-31-21-9-5-3-7-18(21)22-25-19(14-15-6-2-4-8-20(15)27(29)30)23(28)26(22)17-12-10-16(24)11-13-17/h2-14H,1H3/b19-14+. The topological polar surface area (TPSA) is 85.0 Å².